The molecule has 2 aromatic heterocycles. The van der Waals surface area contributed by atoms with Crippen LogP contribution in [0.15, 0.2) is 0 Å². The van der Waals surface area contributed by atoms with Crippen molar-refractivity contribution < 1.29 is 0 Å². The maximum atomic E-state index is 4.68. The fraction of sp³-hybridized carbons (Fsp3) is 0.667. The van der Waals surface area contributed by atoms with Crippen LogP contribution < -0.4 is 5.32 Å². The van der Waals surface area contributed by atoms with Gasteiger partial charge in [-0.25, -0.2) is 4.98 Å². The number of aryl methyl sites for hydroxylation is 1. The maximum absolute atomic E-state index is 4.68. The zero-order valence-electron chi connectivity index (χ0n) is 12.0. The molecule has 2 rings (SSSR count). The predicted octanol–water partition coefficient (Wildman–Crippen LogP) is 2.11. The van der Waals surface area contributed by atoms with Gasteiger partial charge in [0.2, 0.25) is 0 Å². The lowest BCUT2D eigenvalue weighted by Crippen LogP contribution is -2.18. The Morgan fingerprint density at radius 2 is 2.11 bits per heavy atom. The molecule has 1 atom stereocenters. The van der Waals surface area contributed by atoms with Crippen LogP contribution in [-0.2, 0) is 12.0 Å². The molecular weight excluding hydrogens is 260 g/mol. The molecule has 1 unspecified atom stereocenters. The highest BCUT2D eigenvalue weighted by Gasteiger charge is 2.22. The first-order valence-electron chi connectivity index (χ1n) is 6.31. The Bertz CT molecular complexity index is 525. The predicted molar refractivity (Wildman–Crippen MR) is 75.0 cm³/mol. The van der Waals surface area contributed by atoms with Crippen molar-refractivity contribution in [2.24, 2.45) is 0 Å². The maximum Gasteiger partial charge on any atom is 0.188 e. The Hall–Kier alpha value is -1.34. The van der Waals surface area contributed by atoms with E-state index >= 15 is 0 Å². The second-order valence-electron chi connectivity index (χ2n) is 5.65. The van der Waals surface area contributed by atoms with Crippen molar-refractivity contribution in [3.8, 4) is 0 Å². The molecule has 19 heavy (non-hydrogen) atoms. The third-order valence-corrected chi connectivity index (χ3v) is 4.59. The fourth-order valence-electron chi connectivity index (χ4n) is 1.73. The molecular formula is C12H20N6S. The Morgan fingerprint density at radius 1 is 1.37 bits per heavy atom. The quantitative estimate of drug-likeness (QED) is 0.896. The standard InChI is InChI=1S/C12H20N6S/c1-7(13-6-9-15-17-18-16-9)10-8(2)14-11(19-10)12(3,4)5/h7,13H,6H2,1-5H3,(H,15,16,17,18). The van der Waals surface area contributed by atoms with Gasteiger partial charge in [-0.3, -0.25) is 0 Å². The van der Waals surface area contributed by atoms with Crippen LogP contribution in [0.25, 0.3) is 0 Å². The average molecular weight is 280 g/mol. The number of thiazole rings is 1. The van der Waals surface area contributed by atoms with Crippen molar-refractivity contribution in [2.75, 3.05) is 0 Å². The molecule has 2 aromatic rings. The van der Waals surface area contributed by atoms with Gasteiger partial charge in [0.1, 0.15) is 0 Å². The van der Waals surface area contributed by atoms with Gasteiger partial charge >= 0.3 is 0 Å². The summed E-state index contributed by atoms with van der Waals surface area (Å²) in [5.74, 6) is 0.671. The van der Waals surface area contributed by atoms with Gasteiger partial charge < -0.3 is 5.32 Å². The smallest absolute Gasteiger partial charge is 0.188 e. The van der Waals surface area contributed by atoms with Crippen LogP contribution in [0.1, 0.15) is 55.1 Å². The van der Waals surface area contributed by atoms with E-state index in [0.29, 0.717) is 12.4 Å². The average Bonchev–Trinajstić information content (AvgIpc) is 2.93. The number of hydrogen-bond acceptors (Lipinski definition) is 6. The van der Waals surface area contributed by atoms with Gasteiger partial charge in [0.15, 0.2) is 5.82 Å². The highest BCUT2D eigenvalue weighted by Crippen LogP contribution is 2.32. The van der Waals surface area contributed by atoms with Gasteiger partial charge in [0.05, 0.1) is 17.2 Å². The van der Waals surface area contributed by atoms with Gasteiger partial charge in [-0.15, -0.1) is 21.5 Å². The summed E-state index contributed by atoms with van der Waals surface area (Å²) in [7, 11) is 0. The lowest BCUT2D eigenvalue weighted by molar-refractivity contribution is 0.563. The molecule has 2 N–H and O–H groups in total. The SMILES string of the molecule is Cc1nc(C(C)(C)C)sc1C(C)NCc1nn[nH]n1. The minimum absolute atomic E-state index is 0.0983. The normalized spacial score (nSPS) is 13.7. The molecule has 7 heteroatoms. The molecule has 0 bridgehead atoms. The first-order chi connectivity index (χ1) is 8.88. The van der Waals surface area contributed by atoms with Crippen molar-refractivity contribution in [3.05, 3.63) is 21.4 Å². The first-order valence-corrected chi connectivity index (χ1v) is 7.13. The van der Waals surface area contributed by atoms with Gasteiger partial charge in [0, 0.05) is 16.3 Å². The Labute approximate surface area is 117 Å². The summed E-state index contributed by atoms with van der Waals surface area (Å²) >= 11 is 1.77. The van der Waals surface area contributed by atoms with E-state index in [0.717, 1.165) is 5.69 Å². The first kappa shape index (κ1) is 14.1. The summed E-state index contributed by atoms with van der Waals surface area (Å²) < 4.78 is 0. The molecule has 0 aliphatic heterocycles. The fourth-order valence-corrected chi connectivity index (χ4v) is 2.88. The van der Waals surface area contributed by atoms with Crippen LogP contribution in [0.3, 0.4) is 0 Å². The molecule has 0 amide bonds. The van der Waals surface area contributed by atoms with E-state index in [4.69, 9.17) is 0 Å². The molecule has 0 fully saturated rings. The molecule has 0 aromatic carbocycles. The largest absolute Gasteiger partial charge is 0.302 e. The van der Waals surface area contributed by atoms with Gasteiger partial charge in [-0.05, 0) is 13.8 Å². The van der Waals surface area contributed by atoms with Crippen LogP contribution in [0.5, 0.6) is 0 Å². The lowest BCUT2D eigenvalue weighted by Gasteiger charge is -2.14. The summed E-state index contributed by atoms with van der Waals surface area (Å²) in [4.78, 5) is 5.95. The van der Waals surface area contributed by atoms with Crippen LogP contribution in [-0.4, -0.2) is 25.6 Å². The molecule has 0 saturated carbocycles. The van der Waals surface area contributed by atoms with Crippen LogP contribution >= 0.6 is 11.3 Å². The summed E-state index contributed by atoms with van der Waals surface area (Å²) in [5, 5.41) is 18.4. The Kier molecular flexibility index (Phi) is 3.96. The van der Waals surface area contributed by atoms with Crippen molar-refractivity contribution in [1.82, 2.24) is 30.9 Å². The van der Waals surface area contributed by atoms with Crippen LogP contribution in [0.4, 0.5) is 0 Å². The van der Waals surface area contributed by atoms with Crippen molar-refractivity contribution in [3.63, 3.8) is 0 Å². The van der Waals surface area contributed by atoms with Gasteiger partial charge in [0.25, 0.3) is 0 Å². The van der Waals surface area contributed by atoms with Gasteiger partial charge in [-0.1, -0.05) is 26.0 Å². The Balaban J connectivity index is 2.06. The number of tetrazole rings is 1. The lowest BCUT2D eigenvalue weighted by atomic mass is 9.98. The van der Waals surface area contributed by atoms with E-state index in [9.17, 15) is 0 Å². The topological polar surface area (TPSA) is 79.4 Å². The van der Waals surface area contributed by atoms with E-state index in [-0.39, 0.29) is 11.5 Å². The zero-order chi connectivity index (χ0) is 14.0. The number of nitrogens with one attached hydrogen (secondary N) is 2. The molecule has 0 aliphatic carbocycles. The van der Waals surface area contributed by atoms with E-state index in [1.54, 1.807) is 11.3 Å². The molecule has 104 valence electrons. The van der Waals surface area contributed by atoms with E-state index in [1.807, 2.05) is 0 Å². The van der Waals surface area contributed by atoms with Crippen molar-refractivity contribution >= 4 is 11.3 Å². The van der Waals surface area contributed by atoms with Crippen LogP contribution in [0, 0.1) is 6.92 Å². The summed E-state index contributed by atoms with van der Waals surface area (Å²) in [6, 6.07) is 0.229. The Morgan fingerprint density at radius 3 is 2.63 bits per heavy atom. The number of aromatic nitrogens is 5. The third kappa shape index (κ3) is 3.36. The molecule has 2 heterocycles. The molecule has 0 spiro atoms. The summed E-state index contributed by atoms with van der Waals surface area (Å²) in [6.45, 7) is 11.4. The molecule has 6 nitrogen and oxygen atoms in total. The highest BCUT2D eigenvalue weighted by atomic mass is 32.1. The number of aromatic amines is 1. The number of nitrogens with zero attached hydrogens (tertiary/aromatic N) is 4. The molecule has 0 saturated heterocycles. The number of hydrogen-bond donors (Lipinski definition) is 2. The third-order valence-electron chi connectivity index (χ3n) is 2.82. The number of H-pyrrole nitrogens is 1. The van der Waals surface area contributed by atoms with E-state index in [1.165, 1.54) is 9.88 Å². The monoisotopic (exact) mass is 280 g/mol. The summed E-state index contributed by atoms with van der Waals surface area (Å²) in [6.07, 6.45) is 0. The van der Waals surface area contributed by atoms with E-state index < -0.39 is 0 Å². The molecule has 0 aliphatic rings. The minimum atomic E-state index is 0.0983. The highest BCUT2D eigenvalue weighted by molar-refractivity contribution is 7.12. The van der Waals surface area contributed by atoms with Crippen molar-refractivity contribution in [2.45, 2.75) is 52.6 Å². The van der Waals surface area contributed by atoms with Crippen LogP contribution in [0.2, 0.25) is 0 Å². The molecule has 0 radical (unpaired) electrons. The number of rotatable bonds is 4. The zero-order valence-corrected chi connectivity index (χ0v) is 12.8. The van der Waals surface area contributed by atoms with Crippen molar-refractivity contribution in [1.29, 1.82) is 0 Å². The second kappa shape index (κ2) is 5.34. The van der Waals surface area contributed by atoms with Gasteiger partial charge in [-0.2, -0.15) is 5.21 Å². The second-order valence-corrected chi connectivity index (χ2v) is 6.68. The van der Waals surface area contributed by atoms with E-state index in [2.05, 4.69) is 65.5 Å². The summed E-state index contributed by atoms with van der Waals surface area (Å²) in [5.41, 5.74) is 1.20. The minimum Gasteiger partial charge on any atom is -0.302 e.